The molecule has 3 nitrogen and oxygen atoms in total. The summed E-state index contributed by atoms with van der Waals surface area (Å²) in [5.74, 6) is -1.09. The zero-order chi connectivity index (χ0) is 6.15. The number of carbonyl (C=O) groups excluding carboxylic acids is 2. The van der Waals surface area contributed by atoms with E-state index in [9.17, 15) is 9.59 Å². The van der Waals surface area contributed by atoms with Crippen LogP contribution in [0.2, 0.25) is 0 Å². The first-order valence-electron chi connectivity index (χ1n) is 2.14. The van der Waals surface area contributed by atoms with Gasteiger partial charge in [0.25, 0.3) is 0 Å². The molecule has 1 rings (SSSR count). The zero-order valence-corrected chi connectivity index (χ0v) is 10.5. The number of cyclic esters (lactones) is 2. The second kappa shape index (κ2) is 3.09. The van der Waals surface area contributed by atoms with Crippen molar-refractivity contribution < 1.29 is 14.3 Å². The Morgan fingerprint density at radius 2 is 2.00 bits per heavy atom. The van der Waals surface area contributed by atoms with Crippen LogP contribution >= 0.6 is 0 Å². The molecular formula is C5H6O3Pb. The fourth-order valence-electron chi connectivity index (χ4n) is 0.437. The molecule has 1 aliphatic heterocycles. The molecule has 0 saturated heterocycles. The Hall–Kier alpha value is -0.198. The Bertz CT molecular complexity index is 183. The van der Waals surface area contributed by atoms with Crippen LogP contribution in [0.1, 0.15) is 6.92 Å². The van der Waals surface area contributed by atoms with Crippen molar-refractivity contribution in [1.29, 1.82) is 0 Å². The van der Waals surface area contributed by atoms with Crippen LogP contribution in [0.3, 0.4) is 0 Å². The summed E-state index contributed by atoms with van der Waals surface area (Å²) in [7, 11) is 0. The molecule has 1 heterocycles. The molecule has 4 heteroatoms. The molecule has 0 aromatic rings. The molecule has 0 aromatic carbocycles. The van der Waals surface area contributed by atoms with E-state index in [1.165, 1.54) is 13.0 Å². The number of ether oxygens (including phenoxy) is 1. The maximum atomic E-state index is 10.3. The van der Waals surface area contributed by atoms with Crippen molar-refractivity contribution in [2.24, 2.45) is 0 Å². The molecule has 0 N–H and O–H groups in total. The molecule has 48 valence electrons. The van der Waals surface area contributed by atoms with Gasteiger partial charge in [-0.25, -0.2) is 9.59 Å². The number of carbonyl (C=O) groups is 2. The van der Waals surface area contributed by atoms with E-state index in [1.807, 2.05) is 0 Å². The minimum absolute atomic E-state index is 0. The van der Waals surface area contributed by atoms with Gasteiger partial charge in [-0.05, 0) is 6.92 Å². The van der Waals surface area contributed by atoms with Gasteiger partial charge in [0.05, 0.1) is 0 Å². The summed E-state index contributed by atoms with van der Waals surface area (Å²) >= 11 is 0. The van der Waals surface area contributed by atoms with Crippen molar-refractivity contribution >= 4 is 39.2 Å². The summed E-state index contributed by atoms with van der Waals surface area (Å²) in [5.41, 5.74) is 0.370. The van der Waals surface area contributed by atoms with Crippen molar-refractivity contribution in [3.05, 3.63) is 11.6 Å². The normalized spacial score (nSPS) is 16.3. The first-order valence-corrected chi connectivity index (χ1v) is 2.14. The van der Waals surface area contributed by atoms with Crippen molar-refractivity contribution in [3.8, 4) is 0 Å². The topological polar surface area (TPSA) is 43.4 Å². The molecule has 0 aliphatic carbocycles. The second-order valence-corrected chi connectivity index (χ2v) is 1.54. The summed E-state index contributed by atoms with van der Waals surface area (Å²) in [6, 6.07) is 0. The van der Waals surface area contributed by atoms with E-state index in [4.69, 9.17) is 0 Å². The third-order valence-corrected chi connectivity index (χ3v) is 0.850. The third-order valence-electron chi connectivity index (χ3n) is 0.850. The monoisotopic (exact) mass is 322 g/mol. The molecular weight excluding hydrogens is 315 g/mol. The summed E-state index contributed by atoms with van der Waals surface area (Å²) in [6.45, 7) is 1.53. The Morgan fingerprint density at radius 3 is 2.11 bits per heavy atom. The molecule has 2 radical (unpaired) electrons. The number of hydrogen-bond donors (Lipinski definition) is 0. The summed E-state index contributed by atoms with van der Waals surface area (Å²) in [5, 5.41) is 0. The predicted molar refractivity (Wildman–Crippen MR) is 33.4 cm³/mol. The Labute approximate surface area is 72.2 Å². The first-order chi connectivity index (χ1) is 3.70. The van der Waals surface area contributed by atoms with Gasteiger partial charge in [-0.1, -0.05) is 0 Å². The van der Waals surface area contributed by atoms with E-state index in [-0.39, 0.29) is 27.3 Å². The van der Waals surface area contributed by atoms with E-state index in [1.54, 1.807) is 0 Å². The van der Waals surface area contributed by atoms with E-state index in [2.05, 4.69) is 4.74 Å². The van der Waals surface area contributed by atoms with Crippen LogP contribution in [0.25, 0.3) is 0 Å². The zero-order valence-electron chi connectivity index (χ0n) is 5.01. The molecule has 0 fully saturated rings. The number of rotatable bonds is 0. The van der Waals surface area contributed by atoms with Gasteiger partial charge in [0.2, 0.25) is 0 Å². The Morgan fingerprint density at radius 1 is 1.44 bits per heavy atom. The molecule has 0 unspecified atom stereocenters. The van der Waals surface area contributed by atoms with E-state index < -0.39 is 11.9 Å². The Balaban J connectivity index is 0.000000640. The van der Waals surface area contributed by atoms with Gasteiger partial charge in [0.15, 0.2) is 0 Å². The van der Waals surface area contributed by atoms with Gasteiger partial charge in [-0.3, -0.25) is 0 Å². The standard InChI is InChI=1S/C5H4O3.Pb.2H/c1-3-2-4(6)8-5(3)7;;;/h2H,1H3;;;. The van der Waals surface area contributed by atoms with Crippen LogP contribution in [-0.2, 0) is 14.3 Å². The molecule has 0 amide bonds. The van der Waals surface area contributed by atoms with Crippen molar-refractivity contribution in [2.75, 3.05) is 0 Å². The first kappa shape index (κ1) is 8.80. The fraction of sp³-hybridized carbons (Fsp3) is 0.200. The van der Waals surface area contributed by atoms with Crippen LogP contribution < -0.4 is 0 Å². The Kier molecular flexibility index (Phi) is 3.03. The van der Waals surface area contributed by atoms with Crippen LogP contribution in [-0.4, -0.2) is 39.2 Å². The van der Waals surface area contributed by atoms with Gasteiger partial charge in [-0.15, -0.1) is 0 Å². The minimum atomic E-state index is -0.562. The molecule has 0 atom stereocenters. The van der Waals surface area contributed by atoms with Crippen LogP contribution in [0, 0.1) is 0 Å². The van der Waals surface area contributed by atoms with Crippen molar-refractivity contribution in [3.63, 3.8) is 0 Å². The van der Waals surface area contributed by atoms with Crippen molar-refractivity contribution in [1.82, 2.24) is 0 Å². The fourth-order valence-corrected chi connectivity index (χ4v) is 0.437. The predicted octanol–water partition coefficient (Wildman–Crippen LogP) is -0.900. The maximum absolute atomic E-state index is 10.3. The van der Waals surface area contributed by atoms with Gasteiger partial charge in [-0.2, -0.15) is 0 Å². The van der Waals surface area contributed by atoms with Gasteiger partial charge in [0, 0.05) is 11.6 Å². The average Bonchev–Trinajstić information content (AvgIpc) is 1.85. The van der Waals surface area contributed by atoms with E-state index in [0.29, 0.717) is 5.57 Å². The van der Waals surface area contributed by atoms with Crippen LogP contribution in [0.4, 0.5) is 0 Å². The van der Waals surface area contributed by atoms with Crippen molar-refractivity contribution in [2.45, 2.75) is 6.92 Å². The molecule has 0 saturated carbocycles. The molecule has 9 heavy (non-hydrogen) atoms. The third kappa shape index (κ3) is 1.89. The second-order valence-electron chi connectivity index (χ2n) is 1.54. The SMILES string of the molecule is CC1=CC(=O)OC1=O.[PbH2]. The van der Waals surface area contributed by atoms with Gasteiger partial charge in [0.1, 0.15) is 0 Å². The van der Waals surface area contributed by atoms with E-state index >= 15 is 0 Å². The van der Waals surface area contributed by atoms with Crippen LogP contribution in [0.5, 0.6) is 0 Å². The number of esters is 2. The molecule has 1 aliphatic rings. The number of hydrogen-bond acceptors (Lipinski definition) is 3. The molecule has 0 bridgehead atoms. The van der Waals surface area contributed by atoms with Crippen LogP contribution in [0.15, 0.2) is 11.6 Å². The summed E-state index contributed by atoms with van der Waals surface area (Å²) in [4.78, 5) is 20.4. The quantitative estimate of drug-likeness (QED) is 0.330. The summed E-state index contributed by atoms with van der Waals surface area (Å²) < 4.78 is 4.10. The molecule has 0 spiro atoms. The average molecular weight is 321 g/mol. The van der Waals surface area contributed by atoms with E-state index in [0.717, 1.165) is 0 Å². The van der Waals surface area contributed by atoms with Gasteiger partial charge < -0.3 is 4.74 Å². The summed E-state index contributed by atoms with van der Waals surface area (Å²) in [6.07, 6.45) is 1.17. The van der Waals surface area contributed by atoms with Gasteiger partial charge >= 0.3 is 39.2 Å². The molecule has 0 aromatic heterocycles.